The second kappa shape index (κ2) is 10.4. The van der Waals surface area contributed by atoms with Crippen LogP contribution in [0.25, 0.3) is 11.3 Å². The number of anilines is 2. The summed E-state index contributed by atoms with van der Waals surface area (Å²) in [4.78, 5) is 23.6. The zero-order chi connectivity index (χ0) is 22.3. The summed E-state index contributed by atoms with van der Waals surface area (Å²) in [6.45, 7) is 3.68. The van der Waals surface area contributed by atoms with Gasteiger partial charge in [0.2, 0.25) is 5.91 Å². The van der Waals surface area contributed by atoms with E-state index in [9.17, 15) is 9.18 Å². The molecule has 2 aromatic carbocycles. The number of amides is 1. The Kier molecular flexibility index (Phi) is 7.10. The van der Waals surface area contributed by atoms with Crippen LogP contribution in [0, 0.1) is 11.7 Å². The number of nitrogens with zero attached hydrogens (tertiary/aromatic N) is 3. The lowest BCUT2D eigenvalue weighted by atomic mass is 9.95. The third-order valence-corrected chi connectivity index (χ3v) is 6.00. The van der Waals surface area contributed by atoms with Gasteiger partial charge in [-0.05, 0) is 55.5 Å². The minimum absolute atomic E-state index is 0.0180. The highest BCUT2D eigenvalue weighted by atomic mass is 19.1. The molecule has 0 atom stereocenters. The molecule has 32 heavy (non-hydrogen) atoms. The number of nitrogens with one attached hydrogen (secondary N) is 1. The number of carbonyl (C=O) groups excluding carboxylic acids is 1. The van der Waals surface area contributed by atoms with Crippen LogP contribution in [0.1, 0.15) is 38.2 Å². The van der Waals surface area contributed by atoms with Gasteiger partial charge in [0.25, 0.3) is 0 Å². The Morgan fingerprint density at radius 3 is 2.59 bits per heavy atom. The fourth-order valence-electron chi connectivity index (χ4n) is 4.08. The van der Waals surface area contributed by atoms with Gasteiger partial charge in [0, 0.05) is 36.3 Å². The Morgan fingerprint density at radius 2 is 1.88 bits per heavy atom. The van der Waals surface area contributed by atoms with Gasteiger partial charge >= 0.3 is 0 Å². The molecule has 0 saturated carbocycles. The number of hydrogen-bond acceptors (Lipinski definition) is 4. The highest BCUT2D eigenvalue weighted by molar-refractivity contribution is 5.92. The highest BCUT2D eigenvalue weighted by Gasteiger charge is 2.26. The van der Waals surface area contributed by atoms with E-state index in [-0.39, 0.29) is 17.6 Å². The minimum atomic E-state index is -0.287. The van der Waals surface area contributed by atoms with Gasteiger partial charge in [-0.1, -0.05) is 37.6 Å². The molecule has 6 heteroatoms. The smallest absolute Gasteiger partial charge is 0.227 e. The quantitative estimate of drug-likeness (QED) is 0.537. The molecule has 5 nitrogen and oxygen atoms in total. The number of rotatable bonds is 7. The molecule has 1 fully saturated rings. The van der Waals surface area contributed by atoms with Crippen molar-refractivity contribution in [3.8, 4) is 11.3 Å². The van der Waals surface area contributed by atoms with Gasteiger partial charge in [-0.15, -0.1) is 0 Å². The lowest BCUT2D eigenvalue weighted by molar-refractivity contribution is -0.120. The molecule has 1 amide bonds. The van der Waals surface area contributed by atoms with Crippen LogP contribution >= 0.6 is 0 Å². The van der Waals surface area contributed by atoms with Crippen molar-refractivity contribution in [3.05, 3.63) is 72.3 Å². The molecule has 4 rings (SSSR count). The van der Waals surface area contributed by atoms with Crippen molar-refractivity contribution in [2.45, 2.75) is 39.0 Å². The van der Waals surface area contributed by atoms with Crippen LogP contribution in [0.4, 0.5) is 15.9 Å². The first-order valence-corrected chi connectivity index (χ1v) is 11.3. The molecule has 0 aliphatic carbocycles. The molecule has 1 aliphatic heterocycles. The van der Waals surface area contributed by atoms with Gasteiger partial charge in [0.05, 0.1) is 5.69 Å². The van der Waals surface area contributed by atoms with E-state index in [1.807, 2.05) is 24.3 Å². The molecule has 1 aliphatic rings. The third kappa shape index (κ3) is 5.49. The largest absolute Gasteiger partial charge is 0.356 e. The first-order chi connectivity index (χ1) is 15.6. The maximum Gasteiger partial charge on any atom is 0.227 e. The molecule has 0 bridgehead atoms. The SMILES string of the molecule is CCCCc1ccc(NC(=O)C2CCN(c3cc(-c4cccc(F)c4)ncn3)CC2)cc1. The standard InChI is InChI=1S/C26H29FN4O/c1-2-3-5-19-8-10-23(11-9-19)30-26(32)20-12-14-31(15-13-20)25-17-24(28-18-29-25)21-6-4-7-22(27)16-21/h4,6-11,16-18,20H,2-3,5,12-15H2,1H3,(H,30,32). The zero-order valence-corrected chi connectivity index (χ0v) is 18.4. The summed E-state index contributed by atoms with van der Waals surface area (Å²) in [5.74, 6) is 0.579. The van der Waals surface area contributed by atoms with Crippen molar-refractivity contribution in [1.82, 2.24) is 9.97 Å². The maximum atomic E-state index is 13.6. The van der Waals surface area contributed by atoms with Crippen molar-refractivity contribution in [1.29, 1.82) is 0 Å². The topological polar surface area (TPSA) is 58.1 Å². The van der Waals surface area contributed by atoms with E-state index in [0.29, 0.717) is 5.69 Å². The van der Waals surface area contributed by atoms with E-state index in [1.165, 1.54) is 36.9 Å². The van der Waals surface area contributed by atoms with E-state index < -0.39 is 0 Å². The van der Waals surface area contributed by atoms with Crippen LogP contribution in [0.15, 0.2) is 60.9 Å². The number of aromatic nitrogens is 2. The summed E-state index contributed by atoms with van der Waals surface area (Å²) in [7, 11) is 0. The van der Waals surface area contributed by atoms with Gasteiger partial charge in [-0.3, -0.25) is 4.79 Å². The number of unbranched alkanes of at least 4 members (excludes halogenated alkanes) is 1. The first kappa shape index (κ1) is 21.9. The van der Waals surface area contributed by atoms with Crippen LogP contribution in [-0.4, -0.2) is 29.0 Å². The van der Waals surface area contributed by atoms with Gasteiger partial charge in [0.15, 0.2) is 0 Å². The monoisotopic (exact) mass is 432 g/mol. The average molecular weight is 433 g/mol. The highest BCUT2D eigenvalue weighted by Crippen LogP contribution is 2.26. The van der Waals surface area contributed by atoms with Crippen LogP contribution in [-0.2, 0) is 11.2 Å². The zero-order valence-electron chi connectivity index (χ0n) is 18.4. The van der Waals surface area contributed by atoms with E-state index >= 15 is 0 Å². The van der Waals surface area contributed by atoms with Crippen molar-refractivity contribution in [2.24, 2.45) is 5.92 Å². The normalized spacial score (nSPS) is 14.4. The molecule has 1 aromatic heterocycles. The predicted molar refractivity (Wildman–Crippen MR) is 126 cm³/mol. The summed E-state index contributed by atoms with van der Waals surface area (Å²) in [5.41, 5.74) is 3.58. The number of carbonyl (C=O) groups is 1. The van der Waals surface area contributed by atoms with Crippen LogP contribution < -0.4 is 10.2 Å². The van der Waals surface area contributed by atoms with Gasteiger partial charge in [-0.2, -0.15) is 0 Å². The summed E-state index contributed by atoms with van der Waals surface area (Å²) >= 11 is 0. The fourth-order valence-corrected chi connectivity index (χ4v) is 4.08. The van der Waals surface area contributed by atoms with E-state index in [0.717, 1.165) is 49.4 Å². The average Bonchev–Trinajstić information content (AvgIpc) is 2.84. The minimum Gasteiger partial charge on any atom is -0.356 e. The van der Waals surface area contributed by atoms with Crippen molar-refractivity contribution >= 4 is 17.4 Å². The Hall–Kier alpha value is -3.28. The van der Waals surface area contributed by atoms with Crippen LogP contribution in [0.5, 0.6) is 0 Å². The Morgan fingerprint density at radius 1 is 1.09 bits per heavy atom. The van der Waals surface area contributed by atoms with Gasteiger partial charge in [-0.25, -0.2) is 14.4 Å². The number of hydrogen-bond donors (Lipinski definition) is 1. The van der Waals surface area contributed by atoms with E-state index in [1.54, 1.807) is 6.07 Å². The van der Waals surface area contributed by atoms with Crippen LogP contribution in [0.2, 0.25) is 0 Å². The summed E-state index contributed by atoms with van der Waals surface area (Å²) in [5, 5.41) is 3.07. The third-order valence-electron chi connectivity index (χ3n) is 6.00. The van der Waals surface area contributed by atoms with Crippen molar-refractivity contribution < 1.29 is 9.18 Å². The molecule has 166 valence electrons. The molecule has 0 radical (unpaired) electrons. The van der Waals surface area contributed by atoms with E-state index in [4.69, 9.17) is 0 Å². The van der Waals surface area contributed by atoms with Gasteiger partial charge < -0.3 is 10.2 Å². The van der Waals surface area contributed by atoms with Crippen molar-refractivity contribution in [2.75, 3.05) is 23.3 Å². The van der Waals surface area contributed by atoms with Gasteiger partial charge in [0.1, 0.15) is 18.0 Å². The number of piperidine rings is 1. The Balaban J connectivity index is 1.33. The molecular weight excluding hydrogens is 403 g/mol. The molecule has 1 saturated heterocycles. The number of halogens is 1. The molecule has 3 aromatic rings. The Labute approximate surface area is 188 Å². The summed E-state index contributed by atoms with van der Waals surface area (Å²) in [6.07, 6.45) is 6.48. The number of benzene rings is 2. The summed E-state index contributed by atoms with van der Waals surface area (Å²) < 4.78 is 13.6. The lowest BCUT2D eigenvalue weighted by Crippen LogP contribution is -2.38. The second-order valence-corrected chi connectivity index (χ2v) is 8.32. The molecule has 2 heterocycles. The lowest BCUT2D eigenvalue weighted by Gasteiger charge is -2.32. The maximum absolute atomic E-state index is 13.6. The second-order valence-electron chi connectivity index (χ2n) is 8.32. The number of aryl methyl sites for hydroxylation is 1. The molecule has 1 N–H and O–H groups in total. The summed E-state index contributed by atoms with van der Waals surface area (Å²) in [6, 6.07) is 16.5. The van der Waals surface area contributed by atoms with Crippen molar-refractivity contribution in [3.63, 3.8) is 0 Å². The van der Waals surface area contributed by atoms with Crippen LogP contribution in [0.3, 0.4) is 0 Å². The van der Waals surface area contributed by atoms with E-state index in [2.05, 4.69) is 39.2 Å². The Bertz CT molecular complexity index is 1050. The first-order valence-electron chi connectivity index (χ1n) is 11.3. The fraction of sp³-hybridized carbons (Fsp3) is 0.346. The molecule has 0 unspecified atom stereocenters. The molecule has 0 spiro atoms. The molecular formula is C26H29FN4O. The predicted octanol–water partition coefficient (Wildman–Crippen LogP) is 5.48.